The summed E-state index contributed by atoms with van der Waals surface area (Å²) in [5, 5.41) is 9.18. The SMILES string of the molecule is CC1CC(C)C(C(=O)N2CCCCC2C(=O)O)O1. The van der Waals surface area contributed by atoms with Gasteiger partial charge in [0.1, 0.15) is 12.1 Å². The van der Waals surface area contributed by atoms with E-state index in [0.717, 1.165) is 19.3 Å². The lowest BCUT2D eigenvalue weighted by Gasteiger charge is -2.35. The lowest BCUT2D eigenvalue weighted by atomic mass is 9.97. The smallest absolute Gasteiger partial charge is 0.326 e. The van der Waals surface area contributed by atoms with E-state index in [9.17, 15) is 14.7 Å². The largest absolute Gasteiger partial charge is 0.480 e. The van der Waals surface area contributed by atoms with E-state index >= 15 is 0 Å². The van der Waals surface area contributed by atoms with Gasteiger partial charge in [-0.15, -0.1) is 0 Å². The zero-order valence-corrected chi connectivity index (χ0v) is 11.0. The van der Waals surface area contributed by atoms with Gasteiger partial charge in [-0.1, -0.05) is 6.92 Å². The third-order valence-electron chi connectivity index (χ3n) is 3.91. The number of aliphatic carboxylic acids is 1. The molecule has 1 amide bonds. The minimum absolute atomic E-state index is 0.0852. The molecule has 18 heavy (non-hydrogen) atoms. The summed E-state index contributed by atoms with van der Waals surface area (Å²) in [7, 11) is 0. The van der Waals surface area contributed by atoms with Crippen LogP contribution in [0.1, 0.15) is 39.5 Å². The van der Waals surface area contributed by atoms with Gasteiger partial charge in [0.15, 0.2) is 0 Å². The average molecular weight is 255 g/mol. The molecule has 0 aromatic heterocycles. The van der Waals surface area contributed by atoms with Gasteiger partial charge < -0.3 is 14.7 Å². The van der Waals surface area contributed by atoms with Gasteiger partial charge in [-0.3, -0.25) is 4.79 Å². The number of hydrogen-bond donors (Lipinski definition) is 1. The molecule has 0 aliphatic carbocycles. The number of nitrogens with zero attached hydrogens (tertiary/aromatic N) is 1. The summed E-state index contributed by atoms with van der Waals surface area (Å²) in [5.41, 5.74) is 0. The predicted octanol–water partition coefficient (Wildman–Crippen LogP) is 1.27. The molecule has 0 bridgehead atoms. The number of likely N-dealkylation sites (tertiary alicyclic amines) is 1. The molecule has 5 nitrogen and oxygen atoms in total. The maximum Gasteiger partial charge on any atom is 0.326 e. The van der Waals surface area contributed by atoms with E-state index in [4.69, 9.17) is 4.74 Å². The molecule has 2 fully saturated rings. The highest BCUT2D eigenvalue weighted by Crippen LogP contribution is 2.29. The second-order valence-electron chi connectivity index (χ2n) is 5.46. The van der Waals surface area contributed by atoms with E-state index < -0.39 is 18.1 Å². The van der Waals surface area contributed by atoms with E-state index in [0.29, 0.717) is 13.0 Å². The Morgan fingerprint density at radius 1 is 1.28 bits per heavy atom. The highest BCUT2D eigenvalue weighted by atomic mass is 16.5. The van der Waals surface area contributed by atoms with Crippen LogP contribution in [0.25, 0.3) is 0 Å². The summed E-state index contributed by atoms with van der Waals surface area (Å²) in [5.74, 6) is -0.871. The van der Waals surface area contributed by atoms with Crippen molar-refractivity contribution in [3.63, 3.8) is 0 Å². The van der Waals surface area contributed by atoms with Crippen LogP contribution in [-0.4, -0.2) is 46.7 Å². The van der Waals surface area contributed by atoms with Gasteiger partial charge in [0.25, 0.3) is 5.91 Å². The Balaban J connectivity index is 2.09. The summed E-state index contributed by atoms with van der Waals surface area (Å²) in [6.07, 6.45) is 2.80. The van der Waals surface area contributed by atoms with Gasteiger partial charge in [-0.05, 0) is 38.5 Å². The first-order valence-corrected chi connectivity index (χ1v) is 6.69. The molecule has 4 unspecified atom stereocenters. The quantitative estimate of drug-likeness (QED) is 0.806. The van der Waals surface area contributed by atoms with Gasteiger partial charge in [0.2, 0.25) is 0 Å². The first-order valence-electron chi connectivity index (χ1n) is 6.69. The number of carbonyl (C=O) groups is 2. The van der Waals surface area contributed by atoms with Crippen molar-refractivity contribution in [3.8, 4) is 0 Å². The van der Waals surface area contributed by atoms with E-state index in [1.54, 1.807) is 0 Å². The molecular weight excluding hydrogens is 234 g/mol. The number of carboxylic acids is 1. The second-order valence-corrected chi connectivity index (χ2v) is 5.46. The number of amides is 1. The Kier molecular flexibility index (Phi) is 3.90. The predicted molar refractivity (Wildman–Crippen MR) is 65.1 cm³/mol. The van der Waals surface area contributed by atoms with Crippen molar-refractivity contribution in [2.24, 2.45) is 5.92 Å². The molecule has 1 N–H and O–H groups in total. The fourth-order valence-electron chi connectivity index (χ4n) is 3.00. The standard InChI is InChI=1S/C13H21NO4/c1-8-7-9(2)18-11(8)12(15)14-6-4-3-5-10(14)13(16)17/h8-11H,3-7H2,1-2H3,(H,16,17). The Bertz CT molecular complexity index is 344. The lowest BCUT2D eigenvalue weighted by Crippen LogP contribution is -2.52. The van der Waals surface area contributed by atoms with Gasteiger partial charge in [-0.2, -0.15) is 0 Å². The van der Waals surface area contributed by atoms with Crippen LogP contribution in [-0.2, 0) is 14.3 Å². The second kappa shape index (κ2) is 5.26. The van der Waals surface area contributed by atoms with Gasteiger partial charge in [0, 0.05) is 6.54 Å². The maximum atomic E-state index is 12.4. The Morgan fingerprint density at radius 3 is 2.56 bits per heavy atom. The molecular formula is C13H21NO4. The van der Waals surface area contributed by atoms with Crippen LogP contribution in [0.3, 0.4) is 0 Å². The Morgan fingerprint density at radius 2 is 2.00 bits per heavy atom. The number of rotatable bonds is 2. The number of carbonyl (C=O) groups excluding carboxylic acids is 1. The molecule has 0 radical (unpaired) electrons. The maximum absolute atomic E-state index is 12.4. The first-order chi connectivity index (χ1) is 8.50. The summed E-state index contributed by atoms with van der Waals surface area (Å²) < 4.78 is 5.63. The molecule has 102 valence electrons. The molecule has 2 saturated heterocycles. The van der Waals surface area contributed by atoms with Gasteiger partial charge >= 0.3 is 5.97 Å². The van der Waals surface area contributed by atoms with E-state index in [1.807, 2.05) is 13.8 Å². The minimum atomic E-state index is -0.901. The molecule has 0 spiro atoms. The molecule has 2 rings (SSSR count). The number of ether oxygens (including phenoxy) is 1. The summed E-state index contributed by atoms with van der Waals surface area (Å²) in [6, 6.07) is -0.669. The fraction of sp³-hybridized carbons (Fsp3) is 0.846. The third-order valence-corrected chi connectivity index (χ3v) is 3.91. The monoisotopic (exact) mass is 255 g/mol. The van der Waals surface area contributed by atoms with Crippen molar-refractivity contribution < 1.29 is 19.4 Å². The third kappa shape index (κ3) is 2.51. The van der Waals surface area contributed by atoms with Crippen LogP contribution in [0.5, 0.6) is 0 Å². The molecule has 4 atom stereocenters. The number of carboxylic acid groups (broad SMARTS) is 1. The number of hydrogen-bond acceptors (Lipinski definition) is 3. The average Bonchev–Trinajstić information content (AvgIpc) is 2.67. The topological polar surface area (TPSA) is 66.8 Å². The number of piperidine rings is 1. The minimum Gasteiger partial charge on any atom is -0.480 e. The highest BCUT2D eigenvalue weighted by Gasteiger charge is 2.41. The molecule has 2 aliphatic heterocycles. The lowest BCUT2D eigenvalue weighted by molar-refractivity contribution is -0.158. The van der Waals surface area contributed by atoms with Crippen molar-refractivity contribution in [1.29, 1.82) is 0 Å². The normalized spacial score (nSPS) is 36.7. The summed E-state index contributed by atoms with van der Waals surface area (Å²) >= 11 is 0. The van der Waals surface area contributed by atoms with Crippen LogP contribution in [0.2, 0.25) is 0 Å². The Labute approximate surface area is 107 Å². The zero-order valence-electron chi connectivity index (χ0n) is 11.0. The van der Waals surface area contributed by atoms with Crippen molar-refractivity contribution in [3.05, 3.63) is 0 Å². The van der Waals surface area contributed by atoms with Gasteiger partial charge in [0.05, 0.1) is 6.10 Å². The molecule has 2 aliphatic rings. The molecule has 2 heterocycles. The fourth-order valence-corrected chi connectivity index (χ4v) is 3.00. The first kappa shape index (κ1) is 13.3. The van der Waals surface area contributed by atoms with Crippen molar-refractivity contribution in [2.45, 2.75) is 57.8 Å². The van der Waals surface area contributed by atoms with Crippen LogP contribution in [0.15, 0.2) is 0 Å². The van der Waals surface area contributed by atoms with Gasteiger partial charge in [-0.25, -0.2) is 4.79 Å². The van der Waals surface area contributed by atoms with E-state index in [1.165, 1.54) is 4.90 Å². The van der Waals surface area contributed by atoms with Crippen molar-refractivity contribution in [2.75, 3.05) is 6.54 Å². The zero-order chi connectivity index (χ0) is 13.3. The van der Waals surface area contributed by atoms with Crippen LogP contribution in [0, 0.1) is 5.92 Å². The molecule has 0 aromatic rings. The van der Waals surface area contributed by atoms with Crippen LogP contribution >= 0.6 is 0 Å². The van der Waals surface area contributed by atoms with Crippen molar-refractivity contribution >= 4 is 11.9 Å². The highest BCUT2D eigenvalue weighted by molar-refractivity contribution is 5.87. The summed E-state index contributed by atoms with van der Waals surface area (Å²) in [6.45, 7) is 4.48. The Hall–Kier alpha value is -1.10. The molecule has 0 saturated carbocycles. The summed E-state index contributed by atoms with van der Waals surface area (Å²) in [4.78, 5) is 25.1. The van der Waals surface area contributed by atoms with Crippen LogP contribution in [0.4, 0.5) is 0 Å². The van der Waals surface area contributed by atoms with E-state index in [-0.39, 0.29) is 17.9 Å². The molecule has 0 aromatic carbocycles. The van der Waals surface area contributed by atoms with Crippen molar-refractivity contribution in [1.82, 2.24) is 4.90 Å². The molecule has 5 heteroatoms. The van der Waals surface area contributed by atoms with E-state index in [2.05, 4.69) is 0 Å². The van der Waals surface area contributed by atoms with Crippen LogP contribution < -0.4 is 0 Å².